The summed E-state index contributed by atoms with van der Waals surface area (Å²) in [5.74, 6) is -3.47. The van der Waals surface area contributed by atoms with Gasteiger partial charge in [0.2, 0.25) is 0 Å². The Hall–Kier alpha value is -1.38. The second-order valence-electron chi connectivity index (χ2n) is 13.8. The van der Waals surface area contributed by atoms with Crippen LogP contribution in [0.4, 0.5) is 0 Å². The highest BCUT2D eigenvalue weighted by molar-refractivity contribution is 5.88. The minimum Gasteiger partial charge on any atom is -0.459 e. The molecule has 0 amide bonds. The Morgan fingerprint density at radius 1 is 1.02 bits per heavy atom. The molecule has 3 aliphatic rings. The molecule has 3 saturated heterocycles. The van der Waals surface area contributed by atoms with Crippen LogP contribution in [0.3, 0.4) is 0 Å². The number of cyclic esters (lactones) is 1. The average molecular weight is 631 g/mol. The van der Waals surface area contributed by atoms with Crippen molar-refractivity contribution in [3.63, 3.8) is 0 Å². The molecule has 0 aromatic rings. The maximum absolute atomic E-state index is 13.4. The van der Waals surface area contributed by atoms with Gasteiger partial charge in [-0.25, -0.2) is 0 Å². The van der Waals surface area contributed by atoms with Crippen molar-refractivity contribution in [2.45, 2.75) is 141 Å². The van der Waals surface area contributed by atoms with Crippen molar-refractivity contribution in [1.82, 2.24) is 4.90 Å². The quantitative estimate of drug-likeness (QED) is 0.251. The second-order valence-corrected chi connectivity index (χ2v) is 13.8. The number of rotatable bonds is 6. The van der Waals surface area contributed by atoms with Crippen molar-refractivity contribution in [2.75, 3.05) is 27.3 Å². The number of hydrogen-bond acceptors (Lipinski definition) is 12. The Kier molecular flexibility index (Phi) is 12.7. The van der Waals surface area contributed by atoms with E-state index >= 15 is 0 Å². The number of carbonyl (C=O) groups is 1. The van der Waals surface area contributed by atoms with Gasteiger partial charge in [0, 0.05) is 30.9 Å². The Labute approximate surface area is 263 Å². The number of methoxy groups -OCH3 is 1. The third-order valence-electron chi connectivity index (χ3n) is 10.5. The molecule has 3 rings (SSSR count). The average Bonchev–Trinajstić information content (AvgIpc) is 2.95. The van der Waals surface area contributed by atoms with E-state index in [1.165, 1.54) is 14.0 Å². The summed E-state index contributed by atoms with van der Waals surface area (Å²) in [6.07, 6.45) is -4.35. The Morgan fingerprint density at radius 2 is 1.66 bits per heavy atom. The van der Waals surface area contributed by atoms with Gasteiger partial charge in [-0.05, 0) is 66.5 Å². The monoisotopic (exact) mass is 630 g/mol. The summed E-state index contributed by atoms with van der Waals surface area (Å²) in [6, 6.07) is -0.126. The van der Waals surface area contributed by atoms with Gasteiger partial charge < -0.3 is 44.2 Å². The third-order valence-corrected chi connectivity index (χ3v) is 10.5. The fourth-order valence-corrected chi connectivity index (χ4v) is 7.40. The van der Waals surface area contributed by atoms with Gasteiger partial charge in [0.15, 0.2) is 6.29 Å². The molecule has 0 aliphatic carbocycles. The van der Waals surface area contributed by atoms with Crippen LogP contribution in [0.5, 0.6) is 0 Å². The Balaban J connectivity index is 2.09. The zero-order chi connectivity index (χ0) is 33.1. The lowest BCUT2D eigenvalue weighted by Gasteiger charge is -2.50. The van der Waals surface area contributed by atoms with Crippen molar-refractivity contribution in [3.8, 4) is 0 Å². The predicted octanol–water partition coefficient (Wildman–Crippen LogP) is 2.09. The van der Waals surface area contributed by atoms with Crippen LogP contribution in [-0.4, -0.2) is 124 Å². The largest absolute Gasteiger partial charge is 0.459 e. The van der Waals surface area contributed by atoms with Crippen LogP contribution in [0, 0.1) is 23.7 Å². The molecule has 0 spiro atoms. The molecule has 44 heavy (non-hydrogen) atoms. The summed E-state index contributed by atoms with van der Waals surface area (Å²) in [7, 11) is 2.96. The van der Waals surface area contributed by atoms with E-state index in [4.69, 9.17) is 23.8 Å². The van der Waals surface area contributed by atoms with Crippen LogP contribution in [0.1, 0.15) is 81.1 Å². The molecule has 256 valence electrons. The molecule has 12 heteroatoms. The minimum atomic E-state index is -1.83. The summed E-state index contributed by atoms with van der Waals surface area (Å²) in [5, 5.41) is 50.3. The van der Waals surface area contributed by atoms with E-state index in [9.17, 15) is 25.2 Å². The summed E-state index contributed by atoms with van der Waals surface area (Å²) in [4.78, 5) is 20.9. The van der Waals surface area contributed by atoms with Gasteiger partial charge in [0.25, 0.3) is 0 Å². The standard InChI is InChI=1S/C32H58N2O10/c1-11-23-32(8,39)27(37)19(4)24(33-41-10)17(2)16-31(7,40-9)28(20(5)25(35)21(6)29(38)43-23)44-30-26(36)22(15-18(3)42-30)34-13-12-14-34/h17-23,25-28,30,35-37,39H,11-16H2,1-10H3/t17-,18+,19+,20+,21-,22-,23-,25+,26+,27-,28-,30-,31-,32-/m1/s1. The number of carbonyl (C=O) groups excluding carboxylic acids is 1. The molecule has 0 aromatic carbocycles. The smallest absolute Gasteiger partial charge is 0.311 e. The van der Waals surface area contributed by atoms with Crippen molar-refractivity contribution in [2.24, 2.45) is 28.8 Å². The first-order chi connectivity index (χ1) is 20.5. The number of aliphatic hydroxyl groups is 4. The van der Waals surface area contributed by atoms with Crippen molar-refractivity contribution in [3.05, 3.63) is 0 Å². The first kappa shape index (κ1) is 37.1. The molecule has 0 unspecified atom stereocenters. The van der Waals surface area contributed by atoms with Crippen molar-refractivity contribution in [1.29, 1.82) is 0 Å². The van der Waals surface area contributed by atoms with E-state index in [1.807, 2.05) is 20.8 Å². The normalized spacial score (nSPS) is 47.9. The lowest BCUT2D eigenvalue weighted by molar-refractivity contribution is -0.304. The fraction of sp³-hybridized carbons (Fsp3) is 0.938. The van der Waals surface area contributed by atoms with Gasteiger partial charge in [-0.15, -0.1) is 0 Å². The number of likely N-dealkylation sites (tertiary alicyclic amines) is 1. The van der Waals surface area contributed by atoms with Gasteiger partial charge in [0.1, 0.15) is 24.9 Å². The molecule has 0 aromatic heterocycles. The Bertz CT molecular complexity index is 977. The van der Waals surface area contributed by atoms with E-state index in [0.717, 1.165) is 19.5 Å². The molecular weight excluding hydrogens is 572 g/mol. The first-order valence-electron chi connectivity index (χ1n) is 16.2. The van der Waals surface area contributed by atoms with Crippen LogP contribution >= 0.6 is 0 Å². The van der Waals surface area contributed by atoms with Crippen molar-refractivity contribution < 1.29 is 49.0 Å². The topological polar surface area (TPSA) is 160 Å². The number of aliphatic hydroxyl groups excluding tert-OH is 3. The van der Waals surface area contributed by atoms with E-state index in [1.54, 1.807) is 34.8 Å². The van der Waals surface area contributed by atoms with E-state index in [2.05, 4.69) is 10.1 Å². The summed E-state index contributed by atoms with van der Waals surface area (Å²) in [6.45, 7) is 15.8. The molecule has 0 radical (unpaired) electrons. The van der Waals surface area contributed by atoms with Gasteiger partial charge >= 0.3 is 5.97 Å². The number of ether oxygens (including phenoxy) is 4. The van der Waals surface area contributed by atoms with Crippen LogP contribution < -0.4 is 0 Å². The predicted molar refractivity (Wildman–Crippen MR) is 164 cm³/mol. The number of esters is 1. The highest BCUT2D eigenvalue weighted by Gasteiger charge is 2.52. The molecule has 3 aliphatic heterocycles. The lowest BCUT2D eigenvalue weighted by Crippen LogP contribution is -2.62. The summed E-state index contributed by atoms with van der Waals surface area (Å²) >= 11 is 0. The highest BCUT2D eigenvalue weighted by Crippen LogP contribution is 2.39. The molecule has 4 N–H and O–H groups in total. The van der Waals surface area contributed by atoms with E-state index in [-0.39, 0.29) is 24.5 Å². The Morgan fingerprint density at radius 3 is 2.18 bits per heavy atom. The molecule has 14 atom stereocenters. The van der Waals surface area contributed by atoms with E-state index < -0.39 is 71.7 Å². The lowest BCUT2D eigenvalue weighted by atomic mass is 9.73. The molecule has 12 nitrogen and oxygen atoms in total. The maximum Gasteiger partial charge on any atom is 0.311 e. The van der Waals surface area contributed by atoms with Gasteiger partial charge in [-0.1, -0.05) is 32.9 Å². The first-order valence-corrected chi connectivity index (χ1v) is 16.2. The number of hydrogen-bond donors (Lipinski definition) is 4. The molecule has 0 saturated carbocycles. The van der Waals surface area contributed by atoms with Gasteiger partial charge in [-0.3, -0.25) is 9.69 Å². The maximum atomic E-state index is 13.4. The molecule has 3 fully saturated rings. The number of oxime groups is 1. The minimum absolute atomic E-state index is 0.126. The fourth-order valence-electron chi connectivity index (χ4n) is 7.40. The van der Waals surface area contributed by atoms with E-state index in [0.29, 0.717) is 18.6 Å². The third kappa shape index (κ3) is 7.60. The highest BCUT2D eigenvalue weighted by atomic mass is 16.7. The molecule has 3 heterocycles. The number of nitrogens with zero attached hydrogens (tertiary/aromatic N) is 2. The molecular formula is C32H58N2O10. The van der Waals surface area contributed by atoms with Crippen LogP contribution in [0.25, 0.3) is 0 Å². The second kappa shape index (κ2) is 15.0. The zero-order valence-corrected chi connectivity index (χ0v) is 28.3. The zero-order valence-electron chi connectivity index (χ0n) is 28.3. The van der Waals surface area contributed by atoms with Crippen molar-refractivity contribution >= 4 is 11.7 Å². The van der Waals surface area contributed by atoms with Crippen LogP contribution in [0.2, 0.25) is 0 Å². The summed E-state index contributed by atoms with van der Waals surface area (Å²) < 4.78 is 24.8. The van der Waals surface area contributed by atoms with Crippen LogP contribution in [0.15, 0.2) is 5.16 Å². The SMILES string of the molecule is CC[C@H]1OC(=O)[C@H](C)[C@@H](O)[C@H](C)[C@@H](O[C@H]2O[C@@H](C)C[C@@H](N3CCC3)[C@@H]2O)[C@](C)(OC)C[C@@H](C)C(=NOC)[C@H](C)[C@@H](O)[C@]1(C)O. The van der Waals surface area contributed by atoms with Gasteiger partial charge in [-0.2, -0.15) is 0 Å². The van der Waals surface area contributed by atoms with Gasteiger partial charge in [0.05, 0.1) is 41.6 Å². The summed E-state index contributed by atoms with van der Waals surface area (Å²) in [5.41, 5.74) is -2.45. The van der Waals surface area contributed by atoms with Crippen LogP contribution in [-0.2, 0) is 28.6 Å². The molecule has 0 bridgehead atoms.